The molecule has 0 N–H and O–H groups in total. The number of hydrogen-bond donors (Lipinski definition) is 0. The Hall–Kier alpha value is -2.78. The molecule has 0 spiro atoms. The van der Waals surface area contributed by atoms with Gasteiger partial charge in [0.15, 0.2) is 6.29 Å². The smallest absolute Gasteiger partial charge is 0.197 e. The highest BCUT2D eigenvalue weighted by Gasteiger charge is 2.17. The second-order valence-electron chi connectivity index (χ2n) is 9.34. The number of ether oxygens (including phenoxy) is 3. The monoisotopic (exact) mass is 446 g/mol. The van der Waals surface area contributed by atoms with Crippen molar-refractivity contribution in [1.29, 1.82) is 0 Å². The van der Waals surface area contributed by atoms with Crippen molar-refractivity contribution < 1.29 is 14.2 Å². The van der Waals surface area contributed by atoms with Crippen molar-refractivity contribution in [2.45, 2.75) is 53.2 Å². The third-order valence-electron chi connectivity index (χ3n) is 5.81. The molecule has 0 saturated carbocycles. The first kappa shape index (κ1) is 24.9. The molecule has 0 heterocycles. The molecule has 0 aromatic heterocycles. The predicted octanol–water partition coefficient (Wildman–Crippen LogP) is 7.96. The number of hydrogen-bond acceptors (Lipinski definition) is 3. The fourth-order valence-electron chi connectivity index (χ4n) is 4.07. The molecule has 2 atom stereocenters. The molecule has 0 fully saturated rings. The van der Waals surface area contributed by atoms with Gasteiger partial charge in [-0.2, -0.15) is 0 Å². The highest BCUT2D eigenvalue weighted by Crippen LogP contribution is 2.32. The normalized spacial score (nSPS) is 13.2. The van der Waals surface area contributed by atoms with Gasteiger partial charge in [-0.05, 0) is 72.1 Å². The maximum atomic E-state index is 5.93. The Kier molecular flexibility index (Phi) is 9.38. The average molecular weight is 447 g/mol. The first-order valence-electron chi connectivity index (χ1n) is 12.1. The summed E-state index contributed by atoms with van der Waals surface area (Å²) in [6, 6.07) is 26.9. The van der Waals surface area contributed by atoms with Crippen LogP contribution in [0, 0.1) is 11.8 Å². The van der Waals surface area contributed by atoms with E-state index in [2.05, 4.69) is 76.2 Å². The van der Waals surface area contributed by atoms with E-state index in [1.807, 2.05) is 37.3 Å². The average Bonchev–Trinajstić information content (AvgIpc) is 2.82. The molecule has 33 heavy (non-hydrogen) atoms. The minimum atomic E-state index is -0.337. The second kappa shape index (κ2) is 12.5. The molecule has 0 bridgehead atoms. The van der Waals surface area contributed by atoms with Crippen molar-refractivity contribution in [3.63, 3.8) is 0 Å². The molecule has 0 aliphatic heterocycles. The van der Waals surface area contributed by atoms with Crippen molar-refractivity contribution in [2.75, 3.05) is 13.2 Å². The minimum absolute atomic E-state index is 0.337. The van der Waals surface area contributed by atoms with Gasteiger partial charge in [0.2, 0.25) is 0 Å². The summed E-state index contributed by atoms with van der Waals surface area (Å²) < 4.78 is 17.5. The zero-order valence-electron chi connectivity index (χ0n) is 20.7. The van der Waals surface area contributed by atoms with Gasteiger partial charge in [-0.1, -0.05) is 82.3 Å². The Labute approximate surface area is 199 Å². The van der Waals surface area contributed by atoms with Crippen molar-refractivity contribution >= 4 is 0 Å². The van der Waals surface area contributed by atoms with Crippen LogP contribution in [0.4, 0.5) is 0 Å². The van der Waals surface area contributed by atoms with E-state index in [0.717, 1.165) is 11.5 Å². The summed E-state index contributed by atoms with van der Waals surface area (Å²) in [5.74, 6) is 3.55. The van der Waals surface area contributed by atoms with E-state index in [9.17, 15) is 0 Å². The summed E-state index contributed by atoms with van der Waals surface area (Å²) in [5.41, 5.74) is 3.76. The summed E-state index contributed by atoms with van der Waals surface area (Å²) >= 11 is 0. The zero-order chi connectivity index (χ0) is 23.6. The molecular weight excluding hydrogens is 408 g/mol. The Balaban J connectivity index is 1.41. The summed E-state index contributed by atoms with van der Waals surface area (Å²) in [4.78, 5) is 0. The Morgan fingerprint density at radius 2 is 1.24 bits per heavy atom. The van der Waals surface area contributed by atoms with E-state index in [4.69, 9.17) is 14.2 Å². The van der Waals surface area contributed by atoms with E-state index in [1.54, 1.807) is 0 Å². The van der Waals surface area contributed by atoms with Crippen molar-refractivity contribution in [1.82, 2.24) is 0 Å². The van der Waals surface area contributed by atoms with Crippen LogP contribution in [-0.2, 0) is 4.74 Å². The predicted molar refractivity (Wildman–Crippen MR) is 137 cm³/mol. The quantitative estimate of drug-likeness (QED) is 0.209. The number of rotatable bonds is 12. The molecular formula is C30H38O3. The van der Waals surface area contributed by atoms with E-state index in [0.29, 0.717) is 31.0 Å². The van der Waals surface area contributed by atoms with Gasteiger partial charge < -0.3 is 14.2 Å². The molecule has 3 nitrogen and oxygen atoms in total. The third-order valence-corrected chi connectivity index (χ3v) is 5.81. The Bertz CT molecular complexity index is 931. The Morgan fingerprint density at radius 1 is 0.636 bits per heavy atom. The van der Waals surface area contributed by atoms with Gasteiger partial charge in [0.05, 0.1) is 6.61 Å². The van der Waals surface area contributed by atoms with Crippen LogP contribution < -0.4 is 9.47 Å². The molecule has 0 radical (unpaired) electrons. The highest BCUT2D eigenvalue weighted by molar-refractivity contribution is 5.63. The van der Waals surface area contributed by atoms with Gasteiger partial charge >= 0.3 is 0 Å². The maximum absolute atomic E-state index is 5.93. The van der Waals surface area contributed by atoms with E-state index in [-0.39, 0.29) is 6.29 Å². The van der Waals surface area contributed by atoms with Crippen LogP contribution in [0.5, 0.6) is 11.5 Å². The standard InChI is InChI=1S/C30H38O3/c1-22(2)21-30(23(3)4)27-13-17-29(18-14-27)33-24(5)31-19-20-32-28-15-11-26(12-16-28)25-9-7-6-8-10-25/h6-18,22-24,30H,19-21H2,1-5H3. The first-order valence-corrected chi connectivity index (χ1v) is 12.1. The van der Waals surface area contributed by atoms with E-state index >= 15 is 0 Å². The van der Waals surface area contributed by atoms with Gasteiger partial charge in [-0.3, -0.25) is 0 Å². The zero-order valence-corrected chi connectivity index (χ0v) is 20.7. The van der Waals surface area contributed by atoms with Gasteiger partial charge in [-0.15, -0.1) is 0 Å². The molecule has 3 aromatic rings. The third kappa shape index (κ3) is 7.94. The van der Waals surface area contributed by atoms with Crippen LogP contribution in [-0.4, -0.2) is 19.5 Å². The van der Waals surface area contributed by atoms with Crippen LogP contribution >= 0.6 is 0 Å². The van der Waals surface area contributed by atoms with Gasteiger partial charge in [0.1, 0.15) is 18.1 Å². The summed E-state index contributed by atoms with van der Waals surface area (Å²) in [6.07, 6.45) is 0.864. The van der Waals surface area contributed by atoms with Crippen LogP contribution in [0.1, 0.15) is 52.5 Å². The lowest BCUT2D eigenvalue weighted by atomic mass is 9.82. The topological polar surface area (TPSA) is 27.7 Å². The van der Waals surface area contributed by atoms with Gasteiger partial charge in [-0.25, -0.2) is 0 Å². The fourth-order valence-corrected chi connectivity index (χ4v) is 4.07. The lowest BCUT2D eigenvalue weighted by molar-refractivity contribution is -0.0739. The molecule has 0 aliphatic rings. The van der Waals surface area contributed by atoms with E-state index < -0.39 is 0 Å². The summed E-state index contributed by atoms with van der Waals surface area (Å²) in [7, 11) is 0. The largest absolute Gasteiger partial charge is 0.491 e. The molecule has 0 aliphatic carbocycles. The molecule has 3 aromatic carbocycles. The summed E-state index contributed by atoms with van der Waals surface area (Å²) in [5, 5.41) is 0. The lowest BCUT2D eigenvalue weighted by Crippen LogP contribution is -2.20. The van der Waals surface area contributed by atoms with Crippen molar-refractivity contribution in [3.8, 4) is 22.6 Å². The maximum Gasteiger partial charge on any atom is 0.197 e. The minimum Gasteiger partial charge on any atom is -0.491 e. The van der Waals surface area contributed by atoms with Gasteiger partial charge in [0, 0.05) is 0 Å². The lowest BCUT2D eigenvalue weighted by Gasteiger charge is -2.24. The second-order valence-corrected chi connectivity index (χ2v) is 9.34. The van der Waals surface area contributed by atoms with Crippen LogP contribution in [0.2, 0.25) is 0 Å². The van der Waals surface area contributed by atoms with Gasteiger partial charge in [0.25, 0.3) is 0 Å². The molecule has 176 valence electrons. The van der Waals surface area contributed by atoms with E-state index in [1.165, 1.54) is 23.1 Å². The molecule has 3 rings (SSSR count). The molecule has 0 amide bonds. The van der Waals surface area contributed by atoms with Crippen LogP contribution in [0.15, 0.2) is 78.9 Å². The summed E-state index contributed by atoms with van der Waals surface area (Å²) in [6.45, 7) is 12.0. The molecule has 2 unspecified atom stereocenters. The highest BCUT2D eigenvalue weighted by atomic mass is 16.7. The molecule has 0 saturated heterocycles. The van der Waals surface area contributed by atoms with Crippen LogP contribution in [0.25, 0.3) is 11.1 Å². The van der Waals surface area contributed by atoms with Crippen molar-refractivity contribution in [3.05, 3.63) is 84.4 Å². The molecule has 3 heteroatoms. The SMILES string of the molecule is CC(C)CC(c1ccc(OC(C)OCCOc2ccc(-c3ccccc3)cc2)cc1)C(C)C. The first-order chi connectivity index (χ1) is 15.9. The Morgan fingerprint density at radius 3 is 1.85 bits per heavy atom. The van der Waals surface area contributed by atoms with Crippen LogP contribution in [0.3, 0.4) is 0 Å². The fraction of sp³-hybridized carbons (Fsp3) is 0.400. The number of benzene rings is 3. The van der Waals surface area contributed by atoms with Crippen molar-refractivity contribution in [2.24, 2.45) is 11.8 Å².